The molecule has 2 amide bonds. The van der Waals surface area contributed by atoms with Crippen LogP contribution in [0.1, 0.15) is 36.0 Å². The number of amides is 2. The number of benzene rings is 1. The maximum absolute atomic E-state index is 12.4. The van der Waals surface area contributed by atoms with Crippen LogP contribution in [0.25, 0.3) is 0 Å². The standard InChI is InChI=1S/C18H26BrN3O5S/c1-27-11-10-22-28(25,26)14-6-7-16(19)15(12-14)18(24)21-9-8-20-17(23)13-4-2-3-5-13/h6-7,12-13,22H,2-5,8-11H2,1H3,(H,20,23)(H,21,24). The number of sulfonamides is 1. The van der Waals surface area contributed by atoms with E-state index < -0.39 is 15.9 Å². The van der Waals surface area contributed by atoms with E-state index in [0.717, 1.165) is 25.7 Å². The molecule has 0 bridgehead atoms. The Morgan fingerprint density at radius 1 is 1.14 bits per heavy atom. The molecule has 1 fully saturated rings. The topological polar surface area (TPSA) is 114 Å². The minimum absolute atomic E-state index is 0.00788. The van der Waals surface area contributed by atoms with Crippen LogP contribution in [0, 0.1) is 5.92 Å². The zero-order chi connectivity index (χ0) is 20.6. The van der Waals surface area contributed by atoms with Gasteiger partial charge in [0.15, 0.2) is 0 Å². The number of methoxy groups -OCH3 is 1. The van der Waals surface area contributed by atoms with E-state index in [9.17, 15) is 18.0 Å². The Bertz CT molecular complexity index is 794. The van der Waals surface area contributed by atoms with Crippen LogP contribution in [-0.2, 0) is 19.6 Å². The van der Waals surface area contributed by atoms with Gasteiger partial charge in [0.05, 0.1) is 17.1 Å². The van der Waals surface area contributed by atoms with Gasteiger partial charge in [0.1, 0.15) is 0 Å². The molecule has 1 aromatic carbocycles. The van der Waals surface area contributed by atoms with Gasteiger partial charge in [0, 0.05) is 37.1 Å². The van der Waals surface area contributed by atoms with Crippen molar-refractivity contribution in [2.45, 2.75) is 30.6 Å². The van der Waals surface area contributed by atoms with Gasteiger partial charge < -0.3 is 15.4 Å². The molecule has 0 aromatic heterocycles. The fraction of sp³-hybridized carbons (Fsp3) is 0.556. The number of carbonyl (C=O) groups is 2. The van der Waals surface area contributed by atoms with E-state index in [1.807, 2.05) is 0 Å². The van der Waals surface area contributed by atoms with Gasteiger partial charge >= 0.3 is 0 Å². The SMILES string of the molecule is COCCNS(=O)(=O)c1ccc(Br)c(C(=O)NCCNC(=O)C2CCCC2)c1. The van der Waals surface area contributed by atoms with Crippen molar-refractivity contribution in [2.24, 2.45) is 5.92 Å². The largest absolute Gasteiger partial charge is 0.383 e. The zero-order valence-corrected chi connectivity index (χ0v) is 18.2. The zero-order valence-electron chi connectivity index (χ0n) is 15.8. The van der Waals surface area contributed by atoms with Crippen LogP contribution in [0.15, 0.2) is 27.6 Å². The minimum Gasteiger partial charge on any atom is -0.383 e. The second kappa shape index (κ2) is 10.9. The second-order valence-corrected chi connectivity index (χ2v) is 9.18. The lowest BCUT2D eigenvalue weighted by atomic mass is 10.1. The third-order valence-electron chi connectivity index (χ3n) is 4.53. The van der Waals surface area contributed by atoms with Gasteiger partial charge in [-0.2, -0.15) is 0 Å². The fourth-order valence-electron chi connectivity index (χ4n) is 3.00. The first-order chi connectivity index (χ1) is 13.3. The smallest absolute Gasteiger partial charge is 0.252 e. The summed E-state index contributed by atoms with van der Waals surface area (Å²) < 4.78 is 32.3. The van der Waals surface area contributed by atoms with Crippen LogP contribution >= 0.6 is 15.9 Å². The molecule has 0 aliphatic heterocycles. The van der Waals surface area contributed by atoms with Gasteiger partial charge in [-0.25, -0.2) is 13.1 Å². The first kappa shape index (κ1) is 22.8. The normalized spacial score (nSPS) is 14.8. The Hall–Kier alpha value is -1.49. The monoisotopic (exact) mass is 475 g/mol. The number of carbonyl (C=O) groups excluding carboxylic acids is 2. The molecule has 1 aromatic rings. The van der Waals surface area contributed by atoms with Crippen LogP contribution in [-0.4, -0.2) is 53.6 Å². The van der Waals surface area contributed by atoms with Crippen molar-refractivity contribution < 1.29 is 22.7 Å². The van der Waals surface area contributed by atoms with E-state index in [4.69, 9.17) is 4.74 Å². The molecule has 0 atom stereocenters. The van der Waals surface area contributed by atoms with Crippen LogP contribution in [0.4, 0.5) is 0 Å². The Labute approximate surface area is 174 Å². The predicted octanol–water partition coefficient (Wildman–Crippen LogP) is 1.41. The molecule has 10 heteroatoms. The number of halogens is 1. The van der Waals surface area contributed by atoms with Crippen molar-refractivity contribution in [3.8, 4) is 0 Å². The molecule has 0 unspecified atom stereocenters. The summed E-state index contributed by atoms with van der Waals surface area (Å²) in [5, 5.41) is 5.53. The highest BCUT2D eigenvalue weighted by Crippen LogP contribution is 2.24. The van der Waals surface area contributed by atoms with Gasteiger partial charge in [-0.3, -0.25) is 9.59 Å². The highest BCUT2D eigenvalue weighted by atomic mass is 79.9. The first-order valence-electron chi connectivity index (χ1n) is 9.19. The van der Waals surface area contributed by atoms with Crippen molar-refractivity contribution in [1.29, 1.82) is 0 Å². The number of ether oxygens (including phenoxy) is 1. The van der Waals surface area contributed by atoms with Gasteiger partial charge in [0.25, 0.3) is 5.91 Å². The number of hydrogen-bond donors (Lipinski definition) is 3. The average molecular weight is 476 g/mol. The lowest BCUT2D eigenvalue weighted by molar-refractivity contribution is -0.124. The van der Waals surface area contributed by atoms with Crippen molar-refractivity contribution in [2.75, 3.05) is 33.4 Å². The molecule has 8 nitrogen and oxygen atoms in total. The summed E-state index contributed by atoms with van der Waals surface area (Å²) in [6, 6.07) is 4.24. The molecule has 2 rings (SSSR count). The molecular weight excluding hydrogens is 450 g/mol. The quantitative estimate of drug-likeness (QED) is 0.442. The molecule has 0 spiro atoms. The van der Waals surface area contributed by atoms with E-state index in [2.05, 4.69) is 31.3 Å². The van der Waals surface area contributed by atoms with Crippen molar-refractivity contribution in [3.05, 3.63) is 28.2 Å². The third kappa shape index (κ3) is 6.54. The minimum atomic E-state index is -3.74. The summed E-state index contributed by atoms with van der Waals surface area (Å²) in [5.74, 6) is -0.309. The van der Waals surface area contributed by atoms with Crippen LogP contribution in [0.2, 0.25) is 0 Å². The molecule has 0 radical (unpaired) electrons. The predicted molar refractivity (Wildman–Crippen MR) is 109 cm³/mol. The maximum atomic E-state index is 12.4. The van der Waals surface area contributed by atoms with Crippen LogP contribution in [0.3, 0.4) is 0 Å². The highest BCUT2D eigenvalue weighted by molar-refractivity contribution is 9.10. The molecule has 0 heterocycles. The van der Waals surface area contributed by atoms with E-state index in [1.54, 1.807) is 0 Å². The van der Waals surface area contributed by atoms with Crippen molar-refractivity contribution in [3.63, 3.8) is 0 Å². The fourth-order valence-corrected chi connectivity index (χ4v) is 4.46. The van der Waals surface area contributed by atoms with Gasteiger partial charge in [0.2, 0.25) is 15.9 Å². The van der Waals surface area contributed by atoms with Crippen molar-refractivity contribution in [1.82, 2.24) is 15.4 Å². The van der Waals surface area contributed by atoms with E-state index in [1.165, 1.54) is 25.3 Å². The number of rotatable bonds is 10. The summed E-state index contributed by atoms with van der Waals surface area (Å²) in [6.07, 6.45) is 4.01. The molecule has 0 saturated heterocycles. The maximum Gasteiger partial charge on any atom is 0.252 e. The lowest BCUT2D eigenvalue weighted by Crippen LogP contribution is -2.37. The van der Waals surface area contributed by atoms with Crippen LogP contribution < -0.4 is 15.4 Å². The molecule has 156 valence electrons. The molecule has 1 aliphatic rings. The van der Waals surface area contributed by atoms with Crippen molar-refractivity contribution >= 4 is 37.8 Å². The lowest BCUT2D eigenvalue weighted by Gasteiger charge is -2.12. The average Bonchev–Trinajstić information content (AvgIpc) is 3.20. The Morgan fingerprint density at radius 3 is 2.50 bits per heavy atom. The first-order valence-corrected chi connectivity index (χ1v) is 11.5. The summed E-state index contributed by atoms with van der Waals surface area (Å²) >= 11 is 3.27. The Morgan fingerprint density at radius 2 is 1.82 bits per heavy atom. The molecule has 1 saturated carbocycles. The highest BCUT2D eigenvalue weighted by Gasteiger charge is 2.22. The van der Waals surface area contributed by atoms with Crippen LogP contribution in [0.5, 0.6) is 0 Å². The summed E-state index contributed by atoms with van der Waals surface area (Å²) in [7, 11) is -2.26. The Kier molecular flexibility index (Phi) is 8.87. The van der Waals surface area contributed by atoms with Gasteiger partial charge in [-0.15, -0.1) is 0 Å². The number of hydrogen-bond acceptors (Lipinski definition) is 5. The Balaban J connectivity index is 1.90. The molecule has 1 aliphatic carbocycles. The summed E-state index contributed by atoms with van der Waals surface area (Å²) in [6.45, 7) is 0.967. The van der Waals surface area contributed by atoms with E-state index >= 15 is 0 Å². The molecule has 3 N–H and O–H groups in total. The summed E-state index contributed by atoms with van der Waals surface area (Å²) in [5.41, 5.74) is 0.205. The van der Waals surface area contributed by atoms with Gasteiger partial charge in [-0.1, -0.05) is 12.8 Å². The van der Waals surface area contributed by atoms with E-state index in [-0.39, 0.29) is 42.0 Å². The number of nitrogens with one attached hydrogen (secondary N) is 3. The molecular formula is C18H26BrN3O5S. The molecule has 28 heavy (non-hydrogen) atoms. The summed E-state index contributed by atoms with van der Waals surface area (Å²) in [4.78, 5) is 24.4. The second-order valence-electron chi connectivity index (χ2n) is 6.56. The van der Waals surface area contributed by atoms with Gasteiger partial charge in [-0.05, 0) is 47.0 Å². The van der Waals surface area contributed by atoms with E-state index in [0.29, 0.717) is 11.0 Å². The third-order valence-corrected chi connectivity index (χ3v) is 6.68.